The van der Waals surface area contributed by atoms with E-state index in [1.165, 1.54) is 24.0 Å². The first-order chi connectivity index (χ1) is 13.6. The minimum atomic E-state index is 0.0606. The van der Waals surface area contributed by atoms with E-state index in [1.807, 2.05) is 11.9 Å². The number of piperazine rings is 1. The van der Waals surface area contributed by atoms with Crippen LogP contribution < -0.4 is 5.32 Å². The van der Waals surface area contributed by atoms with Crippen LogP contribution in [0.3, 0.4) is 0 Å². The Morgan fingerprint density at radius 2 is 1.79 bits per heavy atom. The highest BCUT2D eigenvalue weighted by molar-refractivity contribution is 5.74. The van der Waals surface area contributed by atoms with Gasteiger partial charge in [0.1, 0.15) is 0 Å². The Bertz CT molecular complexity index is 627. The number of benzene rings is 1. The minimum Gasteiger partial charge on any atom is -0.334 e. The molecule has 1 aromatic carbocycles. The van der Waals surface area contributed by atoms with Crippen LogP contribution in [0.25, 0.3) is 0 Å². The van der Waals surface area contributed by atoms with Gasteiger partial charge in [0, 0.05) is 52.4 Å². The zero-order valence-electron chi connectivity index (χ0n) is 18.0. The Labute approximate surface area is 171 Å². The highest BCUT2D eigenvalue weighted by Crippen LogP contribution is 2.26. The van der Waals surface area contributed by atoms with Crippen LogP contribution in [-0.2, 0) is 13.1 Å². The highest BCUT2D eigenvalue weighted by Gasteiger charge is 2.25. The summed E-state index contributed by atoms with van der Waals surface area (Å²) in [6.45, 7) is 11.8. The topological polar surface area (TPSA) is 38.8 Å². The number of hydrogen-bond donors (Lipinski definition) is 1. The number of hydrogen-bond acceptors (Lipinski definition) is 3. The molecule has 1 N–H and O–H groups in total. The third-order valence-electron chi connectivity index (χ3n) is 6.63. The molecule has 5 nitrogen and oxygen atoms in total. The van der Waals surface area contributed by atoms with Crippen LogP contribution in [0.5, 0.6) is 0 Å². The van der Waals surface area contributed by atoms with Crippen LogP contribution >= 0.6 is 0 Å². The van der Waals surface area contributed by atoms with E-state index in [0.29, 0.717) is 12.6 Å². The quantitative estimate of drug-likeness (QED) is 0.813. The number of likely N-dealkylation sites (N-methyl/N-ethyl adjacent to an activating group) is 1. The van der Waals surface area contributed by atoms with Crippen LogP contribution in [0.2, 0.25) is 0 Å². The van der Waals surface area contributed by atoms with Crippen LogP contribution in [-0.4, -0.2) is 66.5 Å². The largest absolute Gasteiger partial charge is 0.334 e. The van der Waals surface area contributed by atoms with E-state index in [0.717, 1.165) is 58.0 Å². The van der Waals surface area contributed by atoms with Crippen molar-refractivity contribution in [2.45, 2.75) is 58.7 Å². The predicted molar refractivity (Wildman–Crippen MR) is 115 cm³/mol. The molecule has 0 spiro atoms. The van der Waals surface area contributed by atoms with Gasteiger partial charge in [0.15, 0.2) is 0 Å². The summed E-state index contributed by atoms with van der Waals surface area (Å²) in [4.78, 5) is 19.7. The summed E-state index contributed by atoms with van der Waals surface area (Å²) in [5.41, 5.74) is 2.57. The van der Waals surface area contributed by atoms with Gasteiger partial charge < -0.3 is 15.1 Å². The van der Waals surface area contributed by atoms with Gasteiger partial charge in [0.25, 0.3) is 0 Å². The number of urea groups is 1. The zero-order chi connectivity index (χ0) is 19.9. The van der Waals surface area contributed by atoms with E-state index < -0.39 is 0 Å². The molecule has 0 radical (unpaired) electrons. The van der Waals surface area contributed by atoms with Gasteiger partial charge in [0.2, 0.25) is 0 Å². The van der Waals surface area contributed by atoms with Crippen molar-refractivity contribution in [3.63, 3.8) is 0 Å². The van der Waals surface area contributed by atoms with E-state index in [1.54, 1.807) is 0 Å². The first kappa shape index (κ1) is 21.1. The fourth-order valence-electron chi connectivity index (χ4n) is 4.60. The molecule has 1 aliphatic carbocycles. The Morgan fingerprint density at radius 3 is 2.46 bits per heavy atom. The molecule has 1 aliphatic heterocycles. The van der Waals surface area contributed by atoms with E-state index in [-0.39, 0.29) is 6.03 Å². The predicted octanol–water partition coefficient (Wildman–Crippen LogP) is 3.54. The van der Waals surface area contributed by atoms with Crippen LogP contribution in [0.15, 0.2) is 24.3 Å². The van der Waals surface area contributed by atoms with Gasteiger partial charge in [-0.1, -0.05) is 51.0 Å². The summed E-state index contributed by atoms with van der Waals surface area (Å²) in [5, 5.41) is 3.16. The number of carbonyl (C=O) groups is 1. The monoisotopic (exact) mass is 386 g/mol. The van der Waals surface area contributed by atoms with Gasteiger partial charge >= 0.3 is 6.03 Å². The lowest BCUT2D eigenvalue weighted by Gasteiger charge is -2.35. The van der Waals surface area contributed by atoms with E-state index >= 15 is 0 Å². The van der Waals surface area contributed by atoms with Crippen molar-refractivity contribution in [1.29, 1.82) is 0 Å². The van der Waals surface area contributed by atoms with Gasteiger partial charge in [-0.05, 0) is 36.4 Å². The Hall–Kier alpha value is -1.59. The lowest BCUT2D eigenvalue weighted by Crippen LogP contribution is -2.46. The summed E-state index contributed by atoms with van der Waals surface area (Å²) in [6.07, 6.45) is 4.79. The van der Waals surface area contributed by atoms with Crippen molar-refractivity contribution >= 4 is 6.03 Å². The molecule has 1 aromatic rings. The maximum absolute atomic E-state index is 12.7. The minimum absolute atomic E-state index is 0.0606. The lowest BCUT2D eigenvalue weighted by atomic mass is 9.86. The van der Waals surface area contributed by atoms with Crippen molar-refractivity contribution in [2.75, 3.05) is 39.8 Å². The normalized spacial score (nSPS) is 24.1. The Balaban J connectivity index is 1.52. The molecule has 0 aromatic heterocycles. The molecule has 28 heavy (non-hydrogen) atoms. The molecular weight excluding hydrogens is 348 g/mol. The second-order valence-electron chi connectivity index (χ2n) is 8.67. The summed E-state index contributed by atoms with van der Waals surface area (Å²) in [5.74, 6) is 0.725. The third kappa shape index (κ3) is 5.71. The second kappa shape index (κ2) is 10.3. The molecule has 3 rings (SSSR count). The maximum atomic E-state index is 12.7. The summed E-state index contributed by atoms with van der Waals surface area (Å²) in [7, 11) is 1.96. The molecule has 5 heteroatoms. The fraction of sp³-hybridized carbons (Fsp3) is 0.696. The summed E-state index contributed by atoms with van der Waals surface area (Å²) in [6, 6.07) is 8.99. The van der Waals surface area contributed by atoms with Crippen molar-refractivity contribution in [1.82, 2.24) is 20.0 Å². The van der Waals surface area contributed by atoms with Crippen molar-refractivity contribution < 1.29 is 4.79 Å². The molecule has 2 amide bonds. The molecule has 2 fully saturated rings. The van der Waals surface area contributed by atoms with E-state index in [2.05, 4.69) is 53.2 Å². The van der Waals surface area contributed by atoms with Crippen molar-refractivity contribution in [3.8, 4) is 0 Å². The van der Waals surface area contributed by atoms with Gasteiger partial charge in [-0.3, -0.25) is 4.90 Å². The number of rotatable bonds is 6. The maximum Gasteiger partial charge on any atom is 0.317 e. The first-order valence-electron chi connectivity index (χ1n) is 11.1. The van der Waals surface area contributed by atoms with Gasteiger partial charge in [0.05, 0.1) is 0 Å². The molecule has 1 heterocycles. The number of nitrogens with zero attached hydrogens (tertiary/aromatic N) is 3. The molecule has 2 unspecified atom stereocenters. The fourth-order valence-corrected chi connectivity index (χ4v) is 4.60. The number of carbonyl (C=O) groups excluding carboxylic acids is 1. The van der Waals surface area contributed by atoms with Gasteiger partial charge in [-0.25, -0.2) is 4.79 Å². The highest BCUT2D eigenvalue weighted by atomic mass is 16.2. The average Bonchev–Trinajstić information content (AvgIpc) is 2.73. The van der Waals surface area contributed by atoms with Gasteiger partial charge in [-0.15, -0.1) is 0 Å². The standard InChI is InChI=1S/C23H38N4O/c1-4-26-12-14-27(15-13-26)18-21-10-6-5-9-20(21)17-24-23(28)25(3)22-11-7-8-19(2)16-22/h5-6,9-10,19,22H,4,7-8,11-18H2,1-3H3,(H,24,28). The number of nitrogens with one attached hydrogen (secondary N) is 1. The Kier molecular flexibility index (Phi) is 7.74. The molecule has 2 aliphatic rings. The molecular formula is C23H38N4O. The lowest BCUT2D eigenvalue weighted by molar-refractivity contribution is 0.131. The molecule has 2 atom stereocenters. The molecule has 1 saturated heterocycles. The molecule has 156 valence electrons. The van der Waals surface area contributed by atoms with Crippen molar-refractivity contribution in [2.24, 2.45) is 5.92 Å². The average molecular weight is 387 g/mol. The van der Waals surface area contributed by atoms with Crippen LogP contribution in [0, 0.1) is 5.92 Å². The third-order valence-corrected chi connectivity index (χ3v) is 6.63. The molecule has 0 bridgehead atoms. The van der Waals surface area contributed by atoms with Crippen LogP contribution in [0.4, 0.5) is 4.79 Å². The Morgan fingerprint density at radius 1 is 1.11 bits per heavy atom. The smallest absolute Gasteiger partial charge is 0.317 e. The zero-order valence-corrected chi connectivity index (χ0v) is 18.0. The molecule has 1 saturated carbocycles. The van der Waals surface area contributed by atoms with Crippen molar-refractivity contribution in [3.05, 3.63) is 35.4 Å². The van der Waals surface area contributed by atoms with E-state index in [9.17, 15) is 4.79 Å². The second-order valence-corrected chi connectivity index (χ2v) is 8.67. The number of amides is 2. The first-order valence-corrected chi connectivity index (χ1v) is 11.1. The SMILES string of the molecule is CCN1CCN(Cc2ccccc2CNC(=O)N(C)C2CCCC(C)C2)CC1. The van der Waals surface area contributed by atoms with Crippen LogP contribution in [0.1, 0.15) is 50.7 Å². The van der Waals surface area contributed by atoms with E-state index in [4.69, 9.17) is 0 Å². The van der Waals surface area contributed by atoms with Gasteiger partial charge in [-0.2, -0.15) is 0 Å². The summed E-state index contributed by atoms with van der Waals surface area (Å²) >= 11 is 0. The summed E-state index contributed by atoms with van der Waals surface area (Å²) < 4.78 is 0.